The molecule has 0 unspecified atom stereocenters. The van der Waals surface area contributed by atoms with E-state index in [9.17, 15) is 9.59 Å². The molecule has 0 radical (unpaired) electrons. The molecule has 1 fully saturated rings. The summed E-state index contributed by atoms with van der Waals surface area (Å²) in [7, 11) is 3.11. The van der Waals surface area contributed by atoms with Crippen LogP contribution in [0.3, 0.4) is 0 Å². The SMILES string of the molecule is COc1ccc(N2C[C@H](NC(=O)NCCCOC(C)C)CC2=O)cc1OC. The summed E-state index contributed by atoms with van der Waals surface area (Å²) in [6.07, 6.45) is 1.19. The van der Waals surface area contributed by atoms with Crippen molar-refractivity contribution in [1.29, 1.82) is 0 Å². The number of amides is 3. The lowest BCUT2D eigenvalue weighted by molar-refractivity contribution is -0.117. The van der Waals surface area contributed by atoms with Crippen LogP contribution in [-0.4, -0.2) is 58.0 Å². The number of hydrogen-bond donors (Lipinski definition) is 2. The van der Waals surface area contributed by atoms with E-state index >= 15 is 0 Å². The molecule has 1 aromatic carbocycles. The summed E-state index contributed by atoms with van der Waals surface area (Å²) in [5.41, 5.74) is 0.716. The van der Waals surface area contributed by atoms with Crippen LogP contribution in [0.2, 0.25) is 0 Å². The molecule has 8 nitrogen and oxygen atoms in total. The van der Waals surface area contributed by atoms with Gasteiger partial charge < -0.3 is 29.7 Å². The van der Waals surface area contributed by atoms with Crippen LogP contribution in [0.25, 0.3) is 0 Å². The first-order chi connectivity index (χ1) is 12.9. The van der Waals surface area contributed by atoms with E-state index in [0.29, 0.717) is 36.9 Å². The Bertz CT molecular complexity index is 650. The Hall–Kier alpha value is -2.48. The first kappa shape index (κ1) is 20.8. The summed E-state index contributed by atoms with van der Waals surface area (Å²) in [4.78, 5) is 26.0. The van der Waals surface area contributed by atoms with Crippen LogP contribution in [0, 0.1) is 0 Å². The Balaban J connectivity index is 1.83. The Labute approximate surface area is 160 Å². The Kier molecular flexibility index (Phi) is 7.72. The third-order valence-electron chi connectivity index (χ3n) is 4.20. The molecule has 1 aliphatic rings. The monoisotopic (exact) mass is 379 g/mol. The first-order valence-corrected chi connectivity index (χ1v) is 9.13. The fourth-order valence-corrected chi connectivity index (χ4v) is 2.88. The molecule has 1 saturated heterocycles. The maximum absolute atomic E-state index is 12.3. The van der Waals surface area contributed by atoms with E-state index in [1.165, 1.54) is 0 Å². The number of methoxy groups -OCH3 is 2. The van der Waals surface area contributed by atoms with E-state index < -0.39 is 0 Å². The van der Waals surface area contributed by atoms with Crippen molar-refractivity contribution in [2.75, 3.05) is 38.8 Å². The van der Waals surface area contributed by atoms with Crippen LogP contribution in [0.15, 0.2) is 18.2 Å². The number of benzene rings is 1. The van der Waals surface area contributed by atoms with E-state index in [2.05, 4.69) is 10.6 Å². The minimum atomic E-state index is -0.272. The topological polar surface area (TPSA) is 89.1 Å². The van der Waals surface area contributed by atoms with Crippen molar-refractivity contribution >= 4 is 17.6 Å². The molecule has 1 heterocycles. The average molecular weight is 379 g/mol. The molecule has 3 amide bonds. The predicted molar refractivity (Wildman–Crippen MR) is 103 cm³/mol. The lowest BCUT2D eigenvalue weighted by Gasteiger charge is -2.19. The average Bonchev–Trinajstić information content (AvgIpc) is 3.00. The third kappa shape index (κ3) is 6.02. The second kappa shape index (κ2) is 10.0. The summed E-state index contributed by atoms with van der Waals surface area (Å²) >= 11 is 0. The Morgan fingerprint density at radius 1 is 1.26 bits per heavy atom. The molecule has 1 atom stereocenters. The zero-order valence-electron chi connectivity index (χ0n) is 16.4. The van der Waals surface area contributed by atoms with E-state index in [1.54, 1.807) is 37.3 Å². The van der Waals surface area contributed by atoms with Gasteiger partial charge in [-0.1, -0.05) is 0 Å². The first-order valence-electron chi connectivity index (χ1n) is 9.13. The van der Waals surface area contributed by atoms with Gasteiger partial charge in [0.2, 0.25) is 5.91 Å². The van der Waals surface area contributed by atoms with Crippen molar-refractivity contribution in [3.05, 3.63) is 18.2 Å². The van der Waals surface area contributed by atoms with Gasteiger partial charge in [-0.3, -0.25) is 4.79 Å². The van der Waals surface area contributed by atoms with Crippen molar-refractivity contribution in [3.63, 3.8) is 0 Å². The van der Waals surface area contributed by atoms with Gasteiger partial charge in [0.05, 0.1) is 26.4 Å². The molecular weight excluding hydrogens is 350 g/mol. The van der Waals surface area contributed by atoms with Gasteiger partial charge in [0, 0.05) is 37.9 Å². The van der Waals surface area contributed by atoms with Crippen molar-refractivity contribution in [2.24, 2.45) is 0 Å². The molecule has 0 saturated carbocycles. The van der Waals surface area contributed by atoms with Gasteiger partial charge in [-0.05, 0) is 32.4 Å². The number of nitrogens with one attached hydrogen (secondary N) is 2. The predicted octanol–water partition coefficient (Wildman–Crippen LogP) is 1.92. The molecule has 1 aliphatic heterocycles. The number of urea groups is 1. The van der Waals surface area contributed by atoms with E-state index in [0.717, 1.165) is 6.42 Å². The van der Waals surface area contributed by atoms with Crippen molar-refractivity contribution < 1.29 is 23.8 Å². The van der Waals surface area contributed by atoms with Crippen LogP contribution in [0.4, 0.5) is 10.5 Å². The van der Waals surface area contributed by atoms with E-state index in [1.807, 2.05) is 13.8 Å². The van der Waals surface area contributed by atoms with Crippen LogP contribution < -0.4 is 25.0 Å². The minimum Gasteiger partial charge on any atom is -0.493 e. The molecule has 8 heteroatoms. The number of nitrogens with zero attached hydrogens (tertiary/aromatic N) is 1. The number of carbonyl (C=O) groups excluding carboxylic acids is 2. The van der Waals surface area contributed by atoms with E-state index in [4.69, 9.17) is 14.2 Å². The highest BCUT2D eigenvalue weighted by Crippen LogP contribution is 2.33. The fraction of sp³-hybridized carbons (Fsp3) is 0.579. The van der Waals surface area contributed by atoms with Crippen molar-refractivity contribution in [1.82, 2.24) is 10.6 Å². The standard InChI is InChI=1S/C19H29N3O5/c1-13(2)27-9-5-8-20-19(24)21-14-10-18(23)22(12-14)15-6-7-16(25-3)17(11-15)26-4/h6-7,11,13-14H,5,8-10,12H2,1-4H3,(H2,20,21,24)/t14-/m1/s1. The van der Waals surface area contributed by atoms with Crippen LogP contribution in [0.1, 0.15) is 26.7 Å². The van der Waals surface area contributed by atoms with Gasteiger partial charge in [0.1, 0.15) is 0 Å². The summed E-state index contributed by atoms with van der Waals surface area (Å²) in [5.74, 6) is 1.11. The van der Waals surface area contributed by atoms with E-state index in [-0.39, 0.29) is 30.5 Å². The van der Waals surface area contributed by atoms with Crippen molar-refractivity contribution in [3.8, 4) is 11.5 Å². The zero-order chi connectivity index (χ0) is 19.8. The van der Waals surface area contributed by atoms with Crippen LogP contribution in [-0.2, 0) is 9.53 Å². The maximum Gasteiger partial charge on any atom is 0.315 e. The number of anilines is 1. The molecule has 27 heavy (non-hydrogen) atoms. The minimum absolute atomic E-state index is 0.0437. The number of rotatable bonds is 9. The molecule has 2 rings (SSSR count). The summed E-state index contributed by atoms with van der Waals surface area (Å²) in [6.45, 7) is 5.49. The second-order valence-corrected chi connectivity index (χ2v) is 6.62. The normalized spacial score (nSPS) is 16.6. The molecule has 0 spiro atoms. The lowest BCUT2D eigenvalue weighted by Crippen LogP contribution is -2.43. The largest absolute Gasteiger partial charge is 0.493 e. The van der Waals surface area contributed by atoms with Gasteiger partial charge in [-0.15, -0.1) is 0 Å². The highest BCUT2D eigenvalue weighted by atomic mass is 16.5. The van der Waals surface area contributed by atoms with Gasteiger partial charge in [0.25, 0.3) is 0 Å². The molecule has 1 aromatic rings. The van der Waals surface area contributed by atoms with Gasteiger partial charge in [-0.2, -0.15) is 0 Å². The van der Waals surface area contributed by atoms with Crippen LogP contribution in [0.5, 0.6) is 11.5 Å². The zero-order valence-corrected chi connectivity index (χ0v) is 16.4. The Morgan fingerprint density at radius 2 is 2.00 bits per heavy atom. The summed E-state index contributed by atoms with van der Waals surface area (Å²) < 4.78 is 15.9. The van der Waals surface area contributed by atoms with Crippen LogP contribution >= 0.6 is 0 Å². The number of carbonyl (C=O) groups is 2. The number of ether oxygens (including phenoxy) is 3. The maximum atomic E-state index is 12.3. The molecule has 2 N–H and O–H groups in total. The van der Waals surface area contributed by atoms with Crippen molar-refractivity contribution in [2.45, 2.75) is 38.8 Å². The van der Waals surface area contributed by atoms with Gasteiger partial charge in [0.15, 0.2) is 11.5 Å². The molecule has 0 aromatic heterocycles. The second-order valence-electron chi connectivity index (χ2n) is 6.62. The highest BCUT2D eigenvalue weighted by molar-refractivity contribution is 5.97. The summed E-state index contributed by atoms with van der Waals surface area (Å²) in [6, 6.07) is 4.81. The quantitative estimate of drug-likeness (QED) is 0.640. The van der Waals surface area contributed by atoms with Gasteiger partial charge in [-0.25, -0.2) is 4.79 Å². The molecule has 0 aliphatic carbocycles. The third-order valence-corrected chi connectivity index (χ3v) is 4.20. The number of hydrogen-bond acceptors (Lipinski definition) is 5. The lowest BCUT2D eigenvalue weighted by atomic mass is 10.2. The Morgan fingerprint density at radius 3 is 2.67 bits per heavy atom. The summed E-state index contributed by atoms with van der Waals surface area (Å²) in [5, 5.41) is 5.64. The smallest absolute Gasteiger partial charge is 0.315 e. The van der Waals surface area contributed by atoms with Gasteiger partial charge >= 0.3 is 6.03 Å². The fourth-order valence-electron chi connectivity index (χ4n) is 2.88. The molecule has 0 bridgehead atoms. The molecular formula is C19H29N3O5. The molecule has 150 valence electrons. The highest BCUT2D eigenvalue weighted by Gasteiger charge is 2.32.